The standard InChI is InChI=1S/C14H15ClN2S/c1-9-17-11(8-18-9)7-16-14-12-5-3-2-4-10(12)6-13(14)15/h2-5,8,13-14,16H,6-7H2,1H3. The van der Waals surface area contributed by atoms with E-state index in [0.717, 1.165) is 23.7 Å². The Hall–Kier alpha value is -0.900. The lowest BCUT2D eigenvalue weighted by atomic mass is 10.1. The van der Waals surface area contributed by atoms with Crippen LogP contribution in [0.15, 0.2) is 29.6 Å². The van der Waals surface area contributed by atoms with Crippen molar-refractivity contribution in [2.24, 2.45) is 0 Å². The fourth-order valence-corrected chi connectivity index (χ4v) is 3.49. The highest BCUT2D eigenvalue weighted by atomic mass is 35.5. The normalized spacial score (nSPS) is 22.1. The van der Waals surface area contributed by atoms with E-state index in [0.29, 0.717) is 0 Å². The Morgan fingerprint density at radius 2 is 2.28 bits per heavy atom. The van der Waals surface area contributed by atoms with Crippen LogP contribution in [0.2, 0.25) is 0 Å². The third-order valence-corrected chi connectivity index (χ3v) is 4.57. The Labute approximate surface area is 116 Å². The number of aryl methyl sites for hydroxylation is 1. The number of nitrogens with one attached hydrogen (secondary N) is 1. The molecule has 18 heavy (non-hydrogen) atoms. The van der Waals surface area contributed by atoms with Crippen LogP contribution in [0.1, 0.15) is 27.9 Å². The van der Waals surface area contributed by atoms with E-state index in [-0.39, 0.29) is 11.4 Å². The Morgan fingerprint density at radius 1 is 1.44 bits per heavy atom. The van der Waals surface area contributed by atoms with Crippen LogP contribution in [0.3, 0.4) is 0 Å². The maximum atomic E-state index is 6.43. The van der Waals surface area contributed by atoms with E-state index >= 15 is 0 Å². The van der Waals surface area contributed by atoms with Crippen molar-refractivity contribution in [3.05, 3.63) is 51.5 Å². The molecule has 3 rings (SSSR count). The molecule has 1 aliphatic carbocycles. The van der Waals surface area contributed by atoms with Crippen molar-refractivity contribution in [3.63, 3.8) is 0 Å². The molecule has 0 radical (unpaired) electrons. The summed E-state index contributed by atoms with van der Waals surface area (Å²) in [7, 11) is 0. The van der Waals surface area contributed by atoms with Gasteiger partial charge in [-0.05, 0) is 24.5 Å². The summed E-state index contributed by atoms with van der Waals surface area (Å²) in [5.74, 6) is 0. The van der Waals surface area contributed by atoms with Crippen LogP contribution >= 0.6 is 22.9 Å². The van der Waals surface area contributed by atoms with Gasteiger partial charge in [-0.15, -0.1) is 22.9 Å². The van der Waals surface area contributed by atoms with Gasteiger partial charge in [-0.2, -0.15) is 0 Å². The fraction of sp³-hybridized carbons (Fsp3) is 0.357. The molecule has 0 aliphatic heterocycles. The zero-order valence-corrected chi connectivity index (χ0v) is 11.8. The number of aromatic nitrogens is 1. The molecule has 1 aromatic heterocycles. The van der Waals surface area contributed by atoms with Gasteiger partial charge in [-0.25, -0.2) is 4.98 Å². The minimum Gasteiger partial charge on any atom is -0.303 e. The molecule has 94 valence electrons. The smallest absolute Gasteiger partial charge is 0.0897 e. The van der Waals surface area contributed by atoms with Gasteiger partial charge < -0.3 is 5.32 Å². The number of hydrogen-bond acceptors (Lipinski definition) is 3. The number of fused-ring (bicyclic) bond motifs is 1. The molecule has 0 amide bonds. The summed E-state index contributed by atoms with van der Waals surface area (Å²) < 4.78 is 0. The molecule has 0 bridgehead atoms. The molecule has 4 heteroatoms. The number of hydrogen-bond donors (Lipinski definition) is 1. The maximum absolute atomic E-state index is 6.43. The van der Waals surface area contributed by atoms with Crippen LogP contribution in [0.4, 0.5) is 0 Å². The van der Waals surface area contributed by atoms with Gasteiger partial charge in [0.05, 0.1) is 16.1 Å². The van der Waals surface area contributed by atoms with Gasteiger partial charge >= 0.3 is 0 Å². The monoisotopic (exact) mass is 278 g/mol. The van der Waals surface area contributed by atoms with Crippen molar-refractivity contribution in [2.75, 3.05) is 0 Å². The molecule has 2 nitrogen and oxygen atoms in total. The third kappa shape index (κ3) is 2.30. The average molecular weight is 279 g/mol. The predicted molar refractivity (Wildman–Crippen MR) is 76.2 cm³/mol. The minimum absolute atomic E-state index is 0.141. The van der Waals surface area contributed by atoms with E-state index in [2.05, 4.69) is 39.9 Å². The van der Waals surface area contributed by atoms with Gasteiger partial charge in [-0.3, -0.25) is 0 Å². The minimum atomic E-state index is 0.141. The van der Waals surface area contributed by atoms with Crippen molar-refractivity contribution in [1.82, 2.24) is 10.3 Å². The lowest BCUT2D eigenvalue weighted by Gasteiger charge is -2.16. The number of alkyl halides is 1. The summed E-state index contributed by atoms with van der Waals surface area (Å²) in [6, 6.07) is 8.73. The second kappa shape index (κ2) is 5.00. The highest BCUT2D eigenvalue weighted by molar-refractivity contribution is 7.09. The topological polar surface area (TPSA) is 24.9 Å². The summed E-state index contributed by atoms with van der Waals surface area (Å²) in [6.07, 6.45) is 0.950. The van der Waals surface area contributed by atoms with Crippen molar-refractivity contribution < 1.29 is 0 Å². The first kappa shape index (κ1) is 12.2. The Morgan fingerprint density at radius 3 is 3.06 bits per heavy atom. The van der Waals surface area contributed by atoms with E-state index in [1.54, 1.807) is 11.3 Å². The summed E-state index contributed by atoms with van der Waals surface area (Å²) >= 11 is 8.12. The van der Waals surface area contributed by atoms with Gasteiger partial charge in [-0.1, -0.05) is 24.3 Å². The highest BCUT2D eigenvalue weighted by Crippen LogP contribution is 2.34. The molecule has 0 fully saturated rings. The maximum Gasteiger partial charge on any atom is 0.0897 e. The van der Waals surface area contributed by atoms with Crippen molar-refractivity contribution in [1.29, 1.82) is 0 Å². The summed E-state index contributed by atoms with van der Waals surface area (Å²) in [5, 5.41) is 6.89. The summed E-state index contributed by atoms with van der Waals surface area (Å²) in [4.78, 5) is 4.47. The van der Waals surface area contributed by atoms with E-state index < -0.39 is 0 Å². The second-order valence-electron chi connectivity index (χ2n) is 4.64. The molecular formula is C14H15ClN2S. The molecule has 1 aliphatic rings. The number of thiazole rings is 1. The SMILES string of the molecule is Cc1nc(CNC2c3ccccc3CC2Cl)cs1. The zero-order valence-electron chi connectivity index (χ0n) is 10.2. The van der Waals surface area contributed by atoms with Crippen molar-refractivity contribution in [3.8, 4) is 0 Å². The first-order valence-corrected chi connectivity index (χ1v) is 7.42. The van der Waals surface area contributed by atoms with E-state index in [1.165, 1.54) is 11.1 Å². The molecular weight excluding hydrogens is 264 g/mol. The van der Waals surface area contributed by atoms with Crippen molar-refractivity contribution in [2.45, 2.75) is 31.3 Å². The Bertz CT molecular complexity index is 552. The largest absolute Gasteiger partial charge is 0.303 e. The molecule has 0 saturated carbocycles. The van der Waals surface area contributed by atoms with Gasteiger partial charge in [0.15, 0.2) is 0 Å². The van der Waals surface area contributed by atoms with Crippen LogP contribution < -0.4 is 5.32 Å². The summed E-state index contributed by atoms with van der Waals surface area (Å²) in [6.45, 7) is 2.82. The molecule has 2 unspecified atom stereocenters. The number of halogens is 1. The number of nitrogens with zero attached hydrogens (tertiary/aromatic N) is 1. The molecule has 1 aromatic carbocycles. The fourth-order valence-electron chi connectivity index (χ4n) is 2.49. The van der Waals surface area contributed by atoms with Gasteiger partial charge in [0.1, 0.15) is 0 Å². The first-order valence-electron chi connectivity index (χ1n) is 6.10. The predicted octanol–water partition coefficient (Wildman–Crippen LogP) is 3.45. The molecule has 0 spiro atoms. The van der Waals surface area contributed by atoms with Crippen LogP contribution in [0.25, 0.3) is 0 Å². The van der Waals surface area contributed by atoms with Crippen LogP contribution in [0.5, 0.6) is 0 Å². The van der Waals surface area contributed by atoms with Gasteiger partial charge in [0.2, 0.25) is 0 Å². The van der Waals surface area contributed by atoms with Crippen LogP contribution in [0, 0.1) is 6.92 Å². The quantitative estimate of drug-likeness (QED) is 0.870. The highest BCUT2D eigenvalue weighted by Gasteiger charge is 2.30. The lowest BCUT2D eigenvalue weighted by Crippen LogP contribution is -2.25. The Kier molecular flexibility index (Phi) is 3.37. The molecule has 1 N–H and O–H groups in total. The van der Waals surface area contributed by atoms with Crippen molar-refractivity contribution >= 4 is 22.9 Å². The Balaban J connectivity index is 1.73. The van der Waals surface area contributed by atoms with E-state index in [1.807, 2.05) is 6.92 Å². The van der Waals surface area contributed by atoms with Gasteiger partial charge in [0.25, 0.3) is 0 Å². The third-order valence-electron chi connectivity index (χ3n) is 3.34. The van der Waals surface area contributed by atoms with E-state index in [4.69, 9.17) is 11.6 Å². The molecule has 1 heterocycles. The molecule has 0 saturated heterocycles. The number of benzene rings is 1. The van der Waals surface area contributed by atoms with Crippen LogP contribution in [-0.2, 0) is 13.0 Å². The van der Waals surface area contributed by atoms with E-state index in [9.17, 15) is 0 Å². The first-order chi connectivity index (χ1) is 8.74. The lowest BCUT2D eigenvalue weighted by molar-refractivity contribution is 0.531. The zero-order chi connectivity index (χ0) is 12.5. The second-order valence-corrected chi connectivity index (χ2v) is 6.26. The van der Waals surface area contributed by atoms with Gasteiger partial charge in [0, 0.05) is 18.0 Å². The molecule has 2 atom stereocenters. The molecule has 2 aromatic rings. The van der Waals surface area contributed by atoms with Crippen LogP contribution in [-0.4, -0.2) is 10.4 Å². The number of rotatable bonds is 3. The average Bonchev–Trinajstić information content (AvgIpc) is 2.90. The summed E-state index contributed by atoms with van der Waals surface area (Å²) in [5.41, 5.74) is 3.81.